The Labute approximate surface area is 154 Å². The predicted octanol–water partition coefficient (Wildman–Crippen LogP) is 3.04. The van der Waals surface area contributed by atoms with E-state index in [0.717, 1.165) is 11.3 Å². The van der Waals surface area contributed by atoms with Crippen LogP contribution in [-0.4, -0.2) is 38.2 Å². The van der Waals surface area contributed by atoms with Crippen molar-refractivity contribution in [2.75, 3.05) is 25.6 Å². The largest absolute Gasteiger partial charge is 0.484 e. The second-order valence-electron chi connectivity index (χ2n) is 5.12. The predicted molar refractivity (Wildman–Crippen MR) is 96.9 cm³/mol. The number of thiophene rings is 1. The third-order valence-electron chi connectivity index (χ3n) is 3.36. The Hall–Kier alpha value is -2.87. The number of anilines is 1. The fourth-order valence-corrected chi connectivity index (χ4v) is 3.30. The third-order valence-corrected chi connectivity index (χ3v) is 4.55. The normalized spacial score (nSPS) is 10.1. The lowest BCUT2D eigenvalue weighted by Crippen LogP contribution is -2.21. The van der Waals surface area contributed by atoms with Gasteiger partial charge in [0.1, 0.15) is 15.6 Å². The second-order valence-corrected chi connectivity index (χ2v) is 6.14. The van der Waals surface area contributed by atoms with Crippen molar-refractivity contribution in [1.29, 1.82) is 0 Å². The van der Waals surface area contributed by atoms with Gasteiger partial charge in [0.05, 0.1) is 19.3 Å². The van der Waals surface area contributed by atoms with E-state index in [1.54, 1.807) is 38.1 Å². The number of hydrogen-bond donors (Lipinski definition) is 1. The molecule has 0 aliphatic rings. The van der Waals surface area contributed by atoms with E-state index >= 15 is 0 Å². The summed E-state index contributed by atoms with van der Waals surface area (Å²) in [6, 6.07) is 8.86. The number of carbonyl (C=O) groups excluding carboxylic acids is 3. The number of carbonyl (C=O) groups is 3. The zero-order chi connectivity index (χ0) is 19.1. The van der Waals surface area contributed by atoms with E-state index < -0.39 is 17.8 Å². The molecular formula is C18H19NO6S. The summed E-state index contributed by atoms with van der Waals surface area (Å²) in [5, 5.41) is 2.83. The van der Waals surface area contributed by atoms with Crippen molar-refractivity contribution >= 4 is 34.2 Å². The summed E-state index contributed by atoms with van der Waals surface area (Å²) < 4.78 is 15.1. The summed E-state index contributed by atoms with van der Waals surface area (Å²) in [5.74, 6) is -1.11. The molecule has 0 spiro atoms. The Morgan fingerprint density at radius 2 is 1.81 bits per heavy atom. The average Bonchev–Trinajstić information content (AvgIpc) is 2.96. The summed E-state index contributed by atoms with van der Waals surface area (Å²) in [7, 11) is 1.25. The topological polar surface area (TPSA) is 90.9 Å². The van der Waals surface area contributed by atoms with Crippen LogP contribution in [0.1, 0.15) is 32.5 Å². The van der Waals surface area contributed by atoms with Crippen molar-refractivity contribution in [3.05, 3.63) is 46.3 Å². The van der Waals surface area contributed by atoms with Crippen molar-refractivity contribution in [2.24, 2.45) is 0 Å². The standard InChI is InChI=1S/C18H19NO6S/c1-4-24-17(21)14-11(2)15(18(22)23-3)26-16(14)19-13(20)10-25-12-8-6-5-7-9-12/h5-9H,4,10H2,1-3H3,(H,19,20). The summed E-state index contributed by atoms with van der Waals surface area (Å²) in [4.78, 5) is 36.5. The Balaban J connectivity index is 2.19. The van der Waals surface area contributed by atoms with Gasteiger partial charge in [0.15, 0.2) is 6.61 Å². The van der Waals surface area contributed by atoms with E-state index in [4.69, 9.17) is 14.2 Å². The Kier molecular flexibility index (Phi) is 6.74. The summed E-state index contributed by atoms with van der Waals surface area (Å²) in [6.07, 6.45) is 0. The molecule has 0 bridgehead atoms. The highest BCUT2D eigenvalue weighted by Gasteiger charge is 2.27. The van der Waals surface area contributed by atoms with Crippen LogP contribution in [0.25, 0.3) is 0 Å². The molecule has 138 valence electrons. The molecular weight excluding hydrogens is 358 g/mol. The third kappa shape index (κ3) is 4.60. The Bertz CT molecular complexity index is 800. The van der Waals surface area contributed by atoms with Crippen molar-refractivity contribution in [2.45, 2.75) is 13.8 Å². The first-order valence-corrected chi connectivity index (χ1v) is 8.66. The number of rotatable bonds is 7. The van der Waals surface area contributed by atoms with Gasteiger partial charge in [0, 0.05) is 0 Å². The number of benzene rings is 1. The minimum absolute atomic E-state index is 0.144. The highest BCUT2D eigenvalue weighted by molar-refractivity contribution is 7.18. The molecule has 0 radical (unpaired) electrons. The lowest BCUT2D eigenvalue weighted by Gasteiger charge is -2.08. The number of esters is 2. The summed E-state index contributed by atoms with van der Waals surface area (Å²) in [6.45, 7) is 3.21. The zero-order valence-electron chi connectivity index (χ0n) is 14.7. The molecule has 0 aliphatic heterocycles. The first kappa shape index (κ1) is 19.5. The Morgan fingerprint density at radius 3 is 2.42 bits per heavy atom. The summed E-state index contributed by atoms with van der Waals surface area (Å²) in [5.41, 5.74) is 0.546. The first-order valence-electron chi connectivity index (χ1n) is 7.84. The van der Waals surface area contributed by atoms with Gasteiger partial charge >= 0.3 is 11.9 Å². The molecule has 7 nitrogen and oxygen atoms in total. The van der Waals surface area contributed by atoms with Crippen LogP contribution < -0.4 is 10.1 Å². The van der Waals surface area contributed by atoms with Gasteiger partial charge in [-0.15, -0.1) is 11.3 Å². The highest BCUT2D eigenvalue weighted by Crippen LogP contribution is 2.34. The fourth-order valence-electron chi connectivity index (χ4n) is 2.17. The van der Waals surface area contributed by atoms with Crippen molar-refractivity contribution in [1.82, 2.24) is 0 Å². The number of hydrogen-bond acceptors (Lipinski definition) is 7. The molecule has 0 atom stereocenters. The molecule has 0 aliphatic carbocycles. The van der Waals surface area contributed by atoms with Gasteiger partial charge in [-0.3, -0.25) is 4.79 Å². The van der Waals surface area contributed by atoms with Gasteiger partial charge in [0.2, 0.25) is 0 Å². The van der Waals surface area contributed by atoms with Crippen LogP contribution in [0, 0.1) is 6.92 Å². The zero-order valence-corrected chi connectivity index (χ0v) is 15.5. The minimum Gasteiger partial charge on any atom is -0.484 e. The maximum absolute atomic E-state index is 12.2. The molecule has 0 unspecified atom stereocenters. The van der Waals surface area contributed by atoms with Gasteiger partial charge in [-0.25, -0.2) is 9.59 Å². The van der Waals surface area contributed by atoms with Crippen LogP contribution in [0.5, 0.6) is 5.75 Å². The number of ether oxygens (including phenoxy) is 3. The smallest absolute Gasteiger partial charge is 0.348 e. The molecule has 0 saturated heterocycles. The highest BCUT2D eigenvalue weighted by atomic mass is 32.1. The Morgan fingerprint density at radius 1 is 1.12 bits per heavy atom. The molecule has 0 fully saturated rings. The molecule has 1 aromatic heterocycles. The van der Waals surface area contributed by atoms with Crippen LogP contribution in [0.15, 0.2) is 30.3 Å². The molecule has 0 saturated carbocycles. The van der Waals surface area contributed by atoms with E-state index in [-0.39, 0.29) is 28.7 Å². The lowest BCUT2D eigenvalue weighted by molar-refractivity contribution is -0.118. The number of para-hydroxylation sites is 1. The SMILES string of the molecule is CCOC(=O)c1c(NC(=O)COc2ccccc2)sc(C(=O)OC)c1C. The molecule has 2 rings (SSSR count). The molecule has 2 aromatic rings. The van der Waals surface area contributed by atoms with Gasteiger partial charge < -0.3 is 19.5 Å². The fraction of sp³-hybridized carbons (Fsp3) is 0.278. The molecule has 1 aromatic carbocycles. The quantitative estimate of drug-likeness (QED) is 0.746. The van der Waals surface area contributed by atoms with E-state index in [2.05, 4.69) is 5.32 Å². The van der Waals surface area contributed by atoms with Crippen LogP contribution in [-0.2, 0) is 14.3 Å². The van der Waals surface area contributed by atoms with Gasteiger partial charge in [0.25, 0.3) is 5.91 Å². The monoisotopic (exact) mass is 377 g/mol. The number of methoxy groups -OCH3 is 1. The molecule has 1 heterocycles. The maximum atomic E-state index is 12.2. The number of amides is 1. The van der Waals surface area contributed by atoms with E-state index in [1.807, 2.05) is 6.07 Å². The van der Waals surface area contributed by atoms with Crippen molar-refractivity contribution in [3.8, 4) is 5.75 Å². The second kappa shape index (κ2) is 9.00. The van der Waals surface area contributed by atoms with E-state index in [1.165, 1.54) is 7.11 Å². The van der Waals surface area contributed by atoms with Crippen LogP contribution in [0.4, 0.5) is 5.00 Å². The van der Waals surface area contributed by atoms with E-state index in [9.17, 15) is 14.4 Å². The summed E-state index contributed by atoms with van der Waals surface area (Å²) >= 11 is 0.960. The minimum atomic E-state index is -0.615. The van der Waals surface area contributed by atoms with Gasteiger partial charge in [-0.05, 0) is 31.5 Å². The lowest BCUT2D eigenvalue weighted by atomic mass is 10.1. The molecule has 1 amide bonds. The molecule has 8 heteroatoms. The van der Waals surface area contributed by atoms with Crippen LogP contribution in [0.3, 0.4) is 0 Å². The molecule has 1 N–H and O–H groups in total. The average molecular weight is 377 g/mol. The first-order chi connectivity index (χ1) is 12.5. The van der Waals surface area contributed by atoms with Crippen molar-refractivity contribution < 1.29 is 28.6 Å². The van der Waals surface area contributed by atoms with E-state index in [0.29, 0.717) is 11.3 Å². The van der Waals surface area contributed by atoms with Gasteiger partial charge in [-0.1, -0.05) is 18.2 Å². The molecule has 26 heavy (non-hydrogen) atoms. The van der Waals surface area contributed by atoms with Crippen molar-refractivity contribution in [3.63, 3.8) is 0 Å². The maximum Gasteiger partial charge on any atom is 0.348 e. The number of nitrogens with one attached hydrogen (secondary N) is 1. The van der Waals surface area contributed by atoms with Crippen LogP contribution in [0.2, 0.25) is 0 Å². The van der Waals surface area contributed by atoms with Crippen LogP contribution >= 0.6 is 11.3 Å². The van der Waals surface area contributed by atoms with Gasteiger partial charge in [-0.2, -0.15) is 0 Å².